The molecule has 0 saturated carbocycles. The highest BCUT2D eigenvalue weighted by molar-refractivity contribution is 6.86. The van der Waals surface area contributed by atoms with Crippen molar-refractivity contribution in [2.75, 3.05) is 0 Å². The molecule has 0 heterocycles. The summed E-state index contributed by atoms with van der Waals surface area (Å²) in [5.41, 5.74) is 0. The monoisotopic (exact) mass is 295 g/mol. The van der Waals surface area contributed by atoms with Crippen LogP contribution in [0.15, 0.2) is 0 Å². The van der Waals surface area contributed by atoms with Crippen LogP contribution in [0.5, 0.6) is 0 Å². The first-order chi connectivity index (χ1) is 6.81. The lowest BCUT2D eigenvalue weighted by Gasteiger charge is -2.32. The van der Waals surface area contributed by atoms with Crippen LogP contribution in [0.2, 0.25) is 52.4 Å². The summed E-state index contributed by atoms with van der Waals surface area (Å²) >= 11 is 0. The maximum Gasteiger partial charge on any atom is 0.395 e. The average Bonchev–Trinajstić information content (AvgIpc) is 1.70. The molecule has 0 amide bonds. The number of hydrogen-bond donors (Lipinski definition) is 0. The van der Waals surface area contributed by atoms with Crippen molar-refractivity contribution in [1.82, 2.24) is 0 Å². The third-order valence-electron chi connectivity index (χ3n) is 1.49. The zero-order valence-corrected chi connectivity index (χ0v) is 16.2. The first kappa shape index (κ1) is 16.6. The van der Waals surface area contributed by atoms with E-state index in [2.05, 4.69) is 58.9 Å². The Bertz CT molecular complexity index is 220. The molecular formula is C9H27O3Si4+. The van der Waals surface area contributed by atoms with Crippen molar-refractivity contribution in [3.05, 3.63) is 6.55 Å². The van der Waals surface area contributed by atoms with E-state index in [1.54, 1.807) is 0 Å². The van der Waals surface area contributed by atoms with Crippen LogP contribution in [0, 0.1) is 6.55 Å². The van der Waals surface area contributed by atoms with Crippen LogP contribution in [-0.4, -0.2) is 34.5 Å². The van der Waals surface area contributed by atoms with Gasteiger partial charge in [-0.1, -0.05) is 0 Å². The normalized spacial score (nSPS) is 16.2. The summed E-state index contributed by atoms with van der Waals surface area (Å²) in [4.78, 5) is 0. The van der Waals surface area contributed by atoms with Gasteiger partial charge >= 0.3 is 16.9 Å². The van der Waals surface area contributed by atoms with E-state index in [4.69, 9.17) is 12.3 Å². The van der Waals surface area contributed by atoms with Gasteiger partial charge in [-0.15, -0.1) is 0 Å². The van der Waals surface area contributed by atoms with Crippen molar-refractivity contribution in [1.29, 1.82) is 0 Å². The molecule has 0 fully saturated rings. The smallest absolute Gasteiger partial charge is 0.395 e. The van der Waals surface area contributed by atoms with Crippen molar-refractivity contribution >= 4 is 34.5 Å². The van der Waals surface area contributed by atoms with Crippen LogP contribution >= 0.6 is 0 Å². The van der Waals surface area contributed by atoms with E-state index in [9.17, 15) is 0 Å². The Labute approximate surface area is 106 Å². The molecule has 0 aliphatic carbocycles. The lowest BCUT2D eigenvalue weighted by Crippen LogP contribution is -2.50. The molecule has 7 heteroatoms. The van der Waals surface area contributed by atoms with Crippen molar-refractivity contribution in [2.45, 2.75) is 52.4 Å². The van der Waals surface area contributed by atoms with Crippen LogP contribution in [-0.2, 0) is 12.3 Å². The first-order valence-electron chi connectivity index (χ1n) is 5.72. The molecule has 3 nitrogen and oxygen atoms in total. The molecule has 0 aliphatic rings. The van der Waals surface area contributed by atoms with E-state index >= 15 is 0 Å². The second-order valence-corrected chi connectivity index (χ2v) is 20.6. The van der Waals surface area contributed by atoms with E-state index < -0.39 is 34.5 Å². The minimum Gasteiger partial charge on any atom is -0.439 e. The van der Waals surface area contributed by atoms with Crippen LogP contribution in [0.25, 0.3) is 0 Å². The third kappa shape index (κ3) is 9.82. The minimum atomic E-state index is -2.04. The van der Waals surface area contributed by atoms with Crippen LogP contribution in [0.3, 0.4) is 0 Å². The number of hydrogen-bond acceptors (Lipinski definition) is 3. The van der Waals surface area contributed by atoms with Crippen molar-refractivity contribution in [3.63, 3.8) is 0 Å². The molecule has 16 heavy (non-hydrogen) atoms. The molecule has 0 spiro atoms. The van der Waals surface area contributed by atoms with Crippen molar-refractivity contribution < 1.29 is 12.3 Å². The Morgan fingerprint density at radius 2 is 1.31 bits per heavy atom. The molecule has 0 aromatic heterocycles. The molecule has 0 aromatic carbocycles. The van der Waals surface area contributed by atoms with Crippen LogP contribution in [0.4, 0.5) is 0 Å². The highest BCUT2D eigenvalue weighted by Crippen LogP contribution is 2.17. The van der Waals surface area contributed by atoms with E-state index in [-0.39, 0.29) is 0 Å². The fourth-order valence-corrected chi connectivity index (χ4v) is 15.4. The van der Waals surface area contributed by atoms with Gasteiger partial charge in [0.1, 0.15) is 0 Å². The SMILES string of the molecule is [CH2+][Si](C)(C)O[Si](C)(C)O[SiH](C)O[Si](C)(C)C. The summed E-state index contributed by atoms with van der Waals surface area (Å²) in [5.74, 6) is 0. The zero-order chi connectivity index (χ0) is 13.2. The highest BCUT2D eigenvalue weighted by Gasteiger charge is 2.39. The predicted molar refractivity (Wildman–Crippen MR) is 79.9 cm³/mol. The lowest BCUT2D eigenvalue weighted by molar-refractivity contribution is 0.353. The van der Waals surface area contributed by atoms with E-state index in [0.29, 0.717) is 0 Å². The number of rotatable bonds is 6. The molecule has 0 aliphatic heterocycles. The topological polar surface area (TPSA) is 27.7 Å². The first-order valence-corrected chi connectivity index (χ1v) is 17.2. The van der Waals surface area contributed by atoms with Gasteiger partial charge in [0, 0.05) is 6.55 Å². The molecule has 0 saturated heterocycles. The molecule has 96 valence electrons. The fraction of sp³-hybridized carbons (Fsp3) is 0.889. The van der Waals surface area contributed by atoms with Gasteiger partial charge in [0.05, 0.1) is 0 Å². The summed E-state index contributed by atoms with van der Waals surface area (Å²) in [6.45, 7) is 21.1. The summed E-state index contributed by atoms with van der Waals surface area (Å²) in [6, 6.07) is 0. The van der Waals surface area contributed by atoms with Gasteiger partial charge in [-0.05, 0) is 52.4 Å². The van der Waals surface area contributed by atoms with Gasteiger partial charge in [0.2, 0.25) is 0 Å². The van der Waals surface area contributed by atoms with E-state index in [1.807, 2.05) is 0 Å². The quantitative estimate of drug-likeness (QED) is 0.557. The Hall–Kier alpha value is 0.618. The molecule has 0 rings (SSSR count). The van der Waals surface area contributed by atoms with Gasteiger partial charge in [0.25, 0.3) is 9.28 Å². The van der Waals surface area contributed by atoms with Gasteiger partial charge in [-0.25, -0.2) is 0 Å². The van der Waals surface area contributed by atoms with Crippen LogP contribution in [0.1, 0.15) is 0 Å². The molecule has 0 aromatic rings. The second kappa shape index (κ2) is 5.51. The van der Waals surface area contributed by atoms with Crippen LogP contribution < -0.4 is 0 Å². The van der Waals surface area contributed by atoms with Gasteiger partial charge in [-0.2, -0.15) is 0 Å². The van der Waals surface area contributed by atoms with Gasteiger partial charge in [0.15, 0.2) is 8.32 Å². The predicted octanol–water partition coefficient (Wildman–Crippen LogP) is 3.00. The second-order valence-electron chi connectivity index (χ2n) is 6.18. The minimum absolute atomic E-state index is 1.48. The van der Waals surface area contributed by atoms with Crippen molar-refractivity contribution in [2.24, 2.45) is 0 Å². The summed E-state index contributed by atoms with van der Waals surface area (Å²) in [5, 5.41) is 0. The third-order valence-corrected chi connectivity index (χ3v) is 13.4. The Kier molecular flexibility index (Phi) is 5.72. The molecule has 0 radical (unpaired) electrons. The van der Waals surface area contributed by atoms with E-state index in [1.165, 1.54) is 0 Å². The largest absolute Gasteiger partial charge is 0.439 e. The Morgan fingerprint density at radius 1 is 0.875 bits per heavy atom. The standard InChI is InChI=1S/C9H27O3Si4/c1-13(10-14(2,3)4)11-16(8,9)12-15(5,6)7/h13H,5H2,1-4,6-9H3/q+1. The lowest BCUT2D eigenvalue weighted by atomic mass is 11.8. The zero-order valence-electron chi connectivity index (χ0n) is 12.0. The summed E-state index contributed by atoms with van der Waals surface area (Å²) < 4.78 is 18.1. The van der Waals surface area contributed by atoms with Gasteiger partial charge < -0.3 is 12.3 Å². The summed E-state index contributed by atoms with van der Waals surface area (Å²) in [7, 11) is -6.83. The maximum atomic E-state index is 6.05. The molecule has 0 N–H and O–H groups in total. The molecule has 1 unspecified atom stereocenters. The highest BCUT2D eigenvalue weighted by atomic mass is 28.5. The average molecular weight is 296 g/mol. The Balaban J connectivity index is 4.26. The van der Waals surface area contributed by atoms with Crippen molar-refractivity contribution in [3.8, 4) is 0 Å². The molecule has 0 bridgehead atoms. The van der Waals surface area contributed by atoms with E-state index in [0.717, 1.165) is 0 Å². The molecule has 1 atom stereocenters. The summed E-state index contributed by atoms with van der Waals surface area (Å²) in [6.07, 6.45) is 0. The van der Waals surface area contributed by atoms with Gasteiger partial charge in [-0.3, -0.25) is 0 Å². The Morgan fingerprint density at radius 3 is 1.62 bits per heavy atom. The maximum absolute atomic E-state index is 6.05. The fourth-order valence-electron chi connectivity index (χ4n) is 1.61. The molecular weight excluding hydrogens is 268 g/mol.